The van der Waals surface area contributed by atoms with E-state index < -0.39 is 59.8 Å². The largest absolute Gasteiger partial charge is 0.457 e. The number of ether oxygens (including phenoxy) is 4. The maximum Gasteiger partial charge on any atom is 0.397 e. The average Bonchev–Trinajstić information content (AvgIpc) is 3.17. The summed E-state index contributed by atoms with van der Waals surface area (Å²) in [5, 5.41) is 30.6. The first-order valence-corrected chi connectivity index (χ1v) is 24.2. The van der Waals surface area contributed by atoms with Gasteiger partial charge in [-0.15, -0.1) is 0 Å². The minimum absolute atomic E-state index is 0.0435. The van der Waals surface area contributed by atoms with Crippen LogP contribution >= 0.6 is 0 Å². The highest BCUT2D eigenvalue weighted by molar-refractivity contribution is 7.80. The number of carbonyl (C=O) groups is 1. The summed E-state index contributed by atoms with van der Waals surface area (Å²) >= 11 is 0. The fourth-order valence-electron chi connectivity index (χ4n) is 7.26. The monoisotopic (exact) mass is 825 g/mol. The number of carbonyl (C=O) groups excluding carboxylic acids is 1. The summed E-state index contributed by atoms with van der Waals surface area (Å²) in [6.45, 7) is 4.00. The molecule has 4 N–H and O–H groups in total. The number of hydrogen-bond acceptors (Lipinski definition) is 11. The van der Waals surface area contributed by atoms with Crippen LogP contribution in [-0.4, -0.2) is 97.5 Å². The highest BCUT2D eigenvalue weighted by Crippen LogP contribution is 2.26. The van der Waals surface area contributed by atoms with Crippen molar-refractivity contribution >= 4 is 16.4 Å². The topological polar surface area (TPSA) is 178 Å². The van der Waals surface area contributed by atoms with E-state index in [0.717, 1.165) is 38.5 Å². The van der Waals surface area contributed by atoms with E-state index in [-0.39, 0.29) is 19.6 Å². The molecule has 0 aromatic carbocycles. The molecule has 0 bridgehead atoms. The molecule has 56 heavy (non-hydrogen) atoms. The van der Waals surface area contributed by atoms with Crippen molar-refractivity contribution in [2.45, 2.75) is 243 Å². The van der Waals surface area contributed by atoms with Crippen LogP contribution in [-0.2, 0) is 38.3 Å². The summed E-state index contributed by atoms with van der Waals surface area (Å²) in [5.41, 5.74) is 0. The zero-order chi connectivity index (χ0) is 41.1. The molecule has 0 aromatic rings. The van der Waals surface area contributed by atoms with E-state index in [2.05, 4.69) is 18.0 Å². The molecule has 0 radical (unpaired) electrons. The van der Waals surface area contributed by atoms with Gasteiger partial charge in [0.2, 0.25) is 0 Å². The molecule has 1 fully saturated rings. The predicted molar refractivity (Wildman–Crippen MR) is 221 cm³/mol. The Bertz CT molecular complexity index is 999. The van der Waals surface area contributed by atoms with Gasteiger partial charge in [0.15, 0.2) is 6.29 Å². The maximum absolute atomic E-state index is 12.8. The molecule has 13 heteroatoms. The van der Waals surface area contributed by atoms with Crippen LogP contribution in [0.25, 0.3) is 0 Å². The van der Waals surface area contributed by atoms with Gasteiger partial charge in [-0.2, -0.15) is 8.42 Å². The van der Waals surface area contributed by atoms with Crippen molar-refractivity contribution in [3.63, 3.8) is 0 Å². The number of aliphatic hydroxyl groups excluding tert-OH is 3. The van der Waals surface area contributed by atoms with E-state index in [1.54, 1.807) is 0 Å². The number of rotatable bonds is 40. The fourth-order valence-corrected chi connectivity index (χ4v) is 7.77. The highest BCUT2D eigenvalue weighted by Gasteiger charge is 2.48. The molecule has 1 aliphatic heterocycles. The average molecular weight is 825 g/mol. The van der Waals surface area contributed by atoms with Crippen LogP contribution in [0.5, 0.6) is 0 Å². The lowest BCUT2D eigenvalue weighted by molar-refractivity contribution is -0.301. The van der Waals surface area contributed by atoms with E-state index in [4.69, 9.17) is 23.5 Å². The van der Waals surface area contributed by atoms with Crippen molar-refractivity contribution < 1.29 is 56.2 Å². The molecule has 1 rings (SSSR count). The van der Waals surface area contributed by atoms with Gasteiger partial charge in [-0.1, -0.05) is 187 Å². The second kappa shape index (κ2) is 36.0. The maximum atomic E-state index is 12.8. The standard InChI is InChI=1S/C43H84O12S/c1-3-5-7-9-11-13-14-15-16-17-18-19-20-21-22-23-24-26-28-30-32-39(45)53-37(35-51-33-31-29-27-25-12-10-8-6-4-2)36-52-43-41(47)42(55-56(48,49)50)40(46)38(34-44)54-43/h37-38,40-44,46-47H,3-36H2,1-2H3,(H,48,49,50). The zero-order valence-electron chi connectivity index (χ0n) is 35.5. The van der Waals surface area contributed by atoms with E-state index >= 15 is 0 Å². The van der Waals surface area contributed by atoms with Gasteiger partial charge in [-0.05, 0) is 12.8 Å². The Morgan fingerprint density at radius 3 is 1.43 bits per heavy atom. The summed E-state index contributed by atoms with van der Waals surface area (Å²) in [6.07, 6.45) is 27.2. The van der Waals surface area contributed by atoms with Crippen LogP contribution in [0, 0.1) is 0 Å². The van der Waals surface area contributed by atoms with Gasteiger partial charge in [-0.25, -0.2) is 4.18 Å². The third-order valence-electron chi connectivity index (χ3n) is 10.7. The Morgan fingerprint density at radius 2 is 1.02 bits per heavy atom. The summed E-state index contributed by atoms with van der Waals surface area (Å²) in [4.78, 5) is 12.8. The van der Waals surface area contributed by atoms with Gasteiger partial charge in [-0.3, -0.25) is 9.35 Å². The first-order chi connectivity index (χ1) is 27.1. The lowest BCUT2D eigenvalue weighted by atomic mass is 9.99. The van der Waals surface area contributed by atoms with E-state index in [0.29, 0.717) is 13.0 Å². The summed E-state index contributed by atoms with van der Waals surface area (Å²) in [7, 11) is -5.05. The van der Waals surface area contributed by atoms with Crippen molar-refractivity contribution in [2.75, 3.05) is 26.4 Å². The lowest BCUT2D eigenvalue weighted by Gasteiger charge is -2.41. The molecule has 12 nitrogen and oxygen atoms in total. The molecular weight excluding hydrogens is 741 g/mol. The molecule has 0 saturated carbocycles. The molecule has 334 valence electrons. The number of aliphatic hydroxyl groups is 3. The minimum Gasteiger partial charge on any atom is -0.457 e. The summed E-state index contributed by atoms with van der Waals surface area (Å²) < 4.78 is 58.9. The number of hydrogen-bond donors (Lipinski definition) is 4. The van der Waals surface area contributed by atoms with Gasteiger partial charge in [0.1, 0.15) is 30.5 Å². The van der Waals surface area contributed by atoms with E-state index in [1.807, 2.05) is 0 Å². The van der Waals surface area contributed by atoms with Crippen LogP contribution in [0.15, 0.2) is 0 Å². The Morgan fingerprint density at radius 1 is 0.607 bits per heavy atom. The van der Waals surface area contributed by atoms with Crippen LogP contribution in [0.2, 0.25) is 0 Å². The van der Waals surface area contributed by atoms with Gasteiger partial charge in [0, 0.05) is 13.0 Å². The molecular formula is C43H84O12S. The Hall–Kier alpha value is -0.900. The molecule has 1 saturated heterocycles. The first-order valence-electron chi connectivity index (χ1n) is 22.8. The third-order valence-corrected chi connectivity index (χ3v) is 11.2. The Labute approximate surface area is 341 Å². The van der Waals surface area contributed by atoms with Crippen LogP contribution in [0.4, 0.5) is 0 Å². The highest BCUT2D eigenvalue weighted by atomic mass is 32.3. The van der Waals surface area contributed by atoms with Crippen molar-refractivity contribution in [1.82, 2.24) is 0 Å². The molecule has 1 heterocycles. The smallest absolute Gasteiger partial charge is 0.397 e. The molecule has 1 aliphatic rings. The van der Waals surface area contributed by atoms with Crippen LogP contribution < -0.4 is 0 Å². The lowest BCUT2D eigenvalue weighted by Crippen LogP contribution is -2.60. The van der Waals surface area contributed by atoms with Gasteiger partial charge >= 0.3 is 16.4 Å². The summed E-state index contributed by atoms with van der Waals surface area (Å²) in [6, 6.07) is 0. The minimum atomic E-state index is -5.05. The Kier molecular flexibility index (Phi) is 34.1. The van der Waals surface area contributed by atoms with Gasteiger partial charge in [0.25, 0.3) is 0 Å². The molecule has 6 unspecified atom stereocenters. The normalized spacial score (nSPS) is 20.7. The summed E-state index contributed by atoms with van der Waals surface area (Å²) in [5.74, 6) is -0.394. The van der Waals surface area contributed by atoms with Crippen molar-refractivity contribution in [2.24, 2.45) is 0 Å². The van der Waals surface area contributed by atoms with Crippen molar-refractivity contribution in [3.05, 3.63) is 0 Å². The molecule has 0 aliphatic carbocycles. The number of esters is 1. The zero-order valence-corrected chi connectivity index (χ0v) is 36.3. The molecule has 0 amide bonds. The van der Waals surface area contributed by atoms with Crippen molar-refractivity contribution in [1.29, 1.82) is 0 Å². The van der Waals surface area contributed by atoms with Crippen molar-refractivity contribution in [3.8, 4) is 0 Å². The van der Waals surface area contributed by atoms with Crippen LogP contribution in [0.3, 0.4) is 0 Å². The predicted octanol–water partition coefficient (Wildman–Crippen LogP) is 9.30. The van der Waals surface area contributed by atoms with Gasteiger partial charge < -0.3 is 34.3 Å². The molecule has 6 atom stereocenters. The second-order valence-electron chi connectivity index (χ2n) is 16.0. The SMILES string of the molecule is CCCCCCCCCCCCCCCCCCCCCCC(=O)OC(COCCCCCCCCCCC)COC1OC(CO)C(O)C(OS(=O)(=O)O)C1O. The number of unbranched alkanes of at least 4 members (excludes halogenated alkanes) is 27. The van der Waals surface area contributed by atoms with Crippen LogP contribution in [0.1, 0.15) is 206 Å². The second-order valence-corrected chi connectivity index (χ2v) is 17.1. The first kappa shape index (κ1) is 53.1. The quantitative estimate of drug-likeness (QED) is 0.0262. The molecule has 0 spiro atoms. The van der Waals surface area contributed by atoms with E-state index in [9.17, 15) is 28.5 Å². The fraction of sp³-hybridized carbons (Fsp3) is 0.977. The Balaban J connectivity index is 2.34. The molecule has 0 aromatic heterocycles. The van der Waals surface area contributed by atoms with E-state index in [1.165, 1.54) is 141 Å². The third kappa shape index (κ3) is 29.3. The van der Waals surface area contributed by atoms with Gasteiger partial charge in [0.05, 0.1) is 19.8 Å².